The van der Waals surface area contributed by atoms with Gasteiger partial charge in [-0.3, -0.25) is 0 Å². The first-order chi connectivity index (χ1) is 12.2. The molecule has 1 aromatic heterocycles. The molecule has 0 fully saturated rings. The van der Waals surface area contributed by atoms with Crippen LogP contribution >= 0.6 is 11.6 Å². The summed E-state index contributed by atoms with van der Waals surface area (Å²) in [6.45, 7) is 2.81. The van der Waals surface area contributed by atoms with Gasteiger partial charge in [-0.2, -0.15) is 10.1 Å². The second-order valence-corrected chi connectivity index (χ2v) is 5.62. The summed E-state index contributed by atoms with van der Waals surface area (Å²) in [6.07, 6.45) is 1.64. The van der Waals surface area contributed by atoms with Gasteiger partial charge in [0.25, 0.3) is 0 Å². The Kier molecular flexibility index (Phi) is 5.30. The average molecular weight is 356 g/mol. The number of hydrogen-bond donors (Lipinski definition) is 1. The van der Waals surface area contributed by atoms with Crippen molar-refractivity contribution in [2.45, 2.75) is 6.92 Å². The number of para-hydroxylation sites is 1. The van der Waals surface area contributed by atoms with Crippen LogP contribution in [0.2, 0.25) is 5.02 Å². The number of aromatic nitrogens is 3. The van der Waals surface area contributed by atoms with Crippen molar-refractivity contribution >= 4 is 34.7 Å². The Morgan fingerprint density at radius 3 is 2.68 bits per heavy atom. The first kappa shape index (κ1) is 17.0. The van der Waals surface area contributed by atoms with Gasteiger partial charge < -0.3 is 15.0 Å². The van der Waals surface area contributed by atoms with E-state index < -0.39 is 0 Å². The Morgan fingerprint density at radius 1 is 1.16 bits per heavy atom. The SMILES string of the molecule is CCN(c1ccccc1)c1cnnc(Nc2cc(Cl)ccc2OC)n1. The van der Waals surface area contributed by atoms with Crippen molar-refractivity contribution in [1.29, 1.82) is 0 Å². The highest BCUT2D eigenvalue weighted by molar-refractivity contribution is 6.31. The summed E-state index contributed by atoms with van der Waals surface area (Å²) in [4.78, 5) is 6.61. The van der Waals surface area contributed by atoms with E-state index >= 15 is 0 Å². The zero-order chi connectivity index (χ0) is 17.6. The van der Waals surface area contributed by atoms with Crippen LogP contribution in [0.3, 0.4) is 0 Å². The fraction of sp³-hybridized carbons (Fsp3) is 0.167. The molecule has 0 amide bonds. The maximum Gasteiger partial charge on any atom is 0.249 e. The van der Waals surface area contributed by atoms with Crippen LogP contribution in [0.5, 0.6) is 5.75 Å². The molecule has 128 valence electrons. The zero-order valence-electron chi connectivity index (χ0n) is 14.0. The van der Waals surface area contributed by atoms with E-state index in [1.54, 1.807) is 31.5 Å². The van der Waals surface area contributed by atoms with E-state index in [1.807, 2.05) is 30.3 Å². The quantitative estimate of drug-likeness (QED) is 0.705. The minimum atomic E-state index is 0.368. The molecule has 0 unspecified atom stereocenters. The van der Waals surface area contributed by atoms with E-state index in [0.29, 0.717) is 28.2 Å². The zero-order valence-corrected chi connectivity index (χ0v) is 14.7. The highest BCUT2D eigenvalue weighted by Crippen LogP contribution is 2.30. The number of hydrogen-bond acceptors (Lipinski definition) is 6. The Balaban J connectivity index is 1.90. The van der Waals surface area contributed by atoms with E-state index in [2.05, 4.69) is 32.3 Å². The lowest BCUT2D eigenvalue weighted by molar-refractivity contribution is 0.417. The van der Waals surface area contributed by atoms with Crippen LogP contribution in [0.4, 0.5) is 23.1 Å². The highest BCUT2D eigenvalue weighted by Gasteiger charge is 2.12. The van der Waals surface area contributed by atoms with Crippen molar-refractivity contribution in [3.63, 3.8) is 0 Å². The van der Waals surface area contributed by atoms with Gasteiger partial charge in [-0.1, -0.05) is 29.8 Å². The predicted octanol–water partition coefficient (Wildman–Crippen LogP) is 4.44. The topological polar surface area (TPSA) is 63.2 Å². The molecule has 0 bridgehead atoms. The number of halogens is 1. The van der Waals surface area contributed by atoms with Crippen LogP contribution in [0.1, 0.15) is 6.92 Å². The normalized spacial score (nSPS) is 10.4. The predicted molar refractivity (Wildman–Crippen MR) is 100 cm³/mol. The molecule has 0 aliphatic carbocycles. The Morgan fingerprint density at radius 2 is 1.96 bits per heavy atom. The van der Waals surface area contributed by atoms with E-state index in [9.17, 15) is 0 Å². The molecule has 3 rings (SSSR count). The van der Waals surface area contributed by atoms with Gasteiger partial charge in [0, 0.05) is 17.3 Å². The molecule has 6 nitrogen and oxygen atoms in total. The van der Waals surface area contributed by atoms with Crippen molar-refractivity contribution < 1.29 is 4.74 Å². The highest BCUT2D eigenvalue weighted by atomic mass is 35.5. The largest absolute Gasteiger partial charge is 0.495 e. The van der Waals surface area contributed by atoms with Crippen LogP contribution in [-0.2, 0) is 0 Å². The van der Waals surface area contributed by atoms with E-state index in [-0.39, 0.29) is 0 Å². The molecule has 0 atom stereocenters. The lowest BCUT2D eigenvalue weighted by atomic mass is 10.3. The standard InChI is InChI=1S/C18H18ClN5O/c1-3-24(14-7-5-4-6-8-14)17-12-20-23-18(22-17)21-15-11-13(19)9-10-16(15)25-2/h4-12H,3H2,1-2H3,(H,21,22,23). The van der Waals surface area contributed by atoms with Crippen molar-refractivity contribution in [1.82, 2.24) is 15.2 Å². The number of nitrogens with zero attached hydrogens (tertiary/aromatic N) is 4. The van der Waals surface area contributed by atoms with Crippen LogP contribution < -0.4 is 15.0 Å². The van der Waals surface area contributed by atoms with Crippen molar-refractivity contribution in [3.05, 3.63) is 59.8 Å². The van der Waals surface area contributed by atoms with Gasteiger partial charge in [0.05, 0.1) is 19.0 Å². The molecule has 0 radical (unpaired) electrons. The Bertz CT molecular complexity index is 844. The summed E-state index contributed by atoms with van der Waals surface area (Å²) in [5.41, 5.74) is 1.72. The van der Waals surface area contributed by atoms with Gasteiger partial charge in [-0.05, 0) is 37.3 Å². The van der Waals surface area contributed by atoms with Crippen molar-refractivity contribution in [2.75, 3.05) is 23.9 Å². The lowest BCUT2D eigenvalue weighted by Gasteiger charge is -2.21. The number of nitrogens with one attached hydrogen (secondary N) is 1. The summed E-state index contributed by atoms with van der Waals surface area (Å²) in [5.74, 6) is 1.72. The van der Waals surface area contributed by atoms with Gasteiger partial charge in [0.1, 0.15) is 5.75 Å². The molecule has 0 saturated heterocycles. The molecule has 2 aromatic carbocycles. The second kappa shape index (κ2) is 7.81. The summed E-state index contributed by atoms with van der Waals surface area (Å²) >= 11 is 6.06. The van der Waals surface area contributed by atoms with Crippen LogP contribution in [-0.4, -0.2) is 28.8 Å². The van der Waals surface area contributed by atoms with Gasteiger partial charge in [0.2, 0.25) is 5.95 Å². The average Bonchev–Trinajstić information content (AvgIpc) is 2.64. The number of anilines is 4. The fourth-order valence-corrected chi connectivity index (χ4v) is 2.63. The Labute approximate surface area is 151 Å². The van der Waals surface area contributed by atoms with E-state index in [4.69, 9.17) is 16.3 Å². The molecular formula is C18H18ClN5O. The third-order valence-corrected chi connectivity index (χ3v) is 3.85. The molecule has 1 heterocycles. The summed E-state index contributed by atoms with van der Waals surface area (Å²) in [7, 11) is 1.60. The first-order valence-corrected chi connectivity index (χ1v) is 8.22. The first-order valence-electron chi connectivity index (χ1n) is 7.84. The van der Waals surface area contributed by atoms with E-state index in [1.165, 1.54) is 0 Å². The summed E-state index contributed by atoms with van der Waals surface area (Å²) in [6, 6.07) is 15.3. The molecule has 25 heavy (non-hydrogen) atoms. The minimum Gasteiger partial charge on any atom is -0.495 e. The maximum absolute atomic E-state index is 6.06. The summed E-state index contributed by atoms with van der Waals surface area (Å²) in [5, 5.41) is 11.8. The molecule has 7 heteroatoms. The maximum atomic E-state index is 6.06. The third kappa shape index (κ3) is 3.97. The molecule has 0 spiro atoms. The Hall–Kier alpha value is -2.86. The second-order valence-electron chi connectivity index (χ2n) is 5.19. The number of ether oxygens (including phenoxy) is 1. The van der Waals surface area contributed by atoms with Crippen molar-refractivity contribution in [3.8, 4) is 5.75 Å². The van der Waals surface area contributed by atoms with Gasteiger partial charge in [0.15, 0.2) is 5.82 Å². The summed E-state index contributed by atoms with van der Waals surface area (Å²) < 4.78 is 5.33. The van der Waals surface area contributed by atoms with Crippen LogP contribution in [0.15, 0.2) is 54.7 Å². The molecule has 0 aliphatic rings. The third-order valence-electron chi connectivity index (χ3n) is 3.61. The minimum absolute atomic E-state index is 0.368. The number of benzene rings is 2. The molecule has 1 N–H and O–H groups in total. The monoisotopic (exact) mass is 355 g/mol. The van der Waals surface area contributed by atoms with Crippen molar-refractivity contribution in [2.24, 2.45) is 0 Å². The van der Waals surface area contributed by atoms with Gasteiger partial charge >= 0.3 is 0 Å². The molecule has 3 aromatic rings. The van der Waals surface area contributed by atoms with Crippen LogP contribution in [0.25, 0.3) is 0 Å². The van der Waals surface area contributed by atoms with Gasteiger partial charge in [-0.25, -0.2) is 0 Å². The van der Waals surface area contributed by atoms with Crippen LogP contribution in [0, 0.1) is 0 Å². The van der Waals surface area contributed by atoms with E-state index in [0.717, 1.165) is 12.2 Å². The van der Waals surface area contributed by atoms with Gasteiger partial charge in [-0.15, -0.1) is 5.10 Å². The smallest absolute Gasteiger partial charge is 0.249 e. The molecular weight excluding hydrogens is 338 g/mol. The molecule has 0 aliphatic heterocycles. The lowest BCUT2D eigenvalue weighted by Crippen LogP contribution is -2.18. The number of methoxy groups -OCH3 is 1. The number of rotatable bonds is 6. The fourth-order valence-electron chi connectivity index (χ4n) is 2.46. The molecule has 0 saturated carbocycles.